The number of amidine groups is 1. The van der Waals surface area contributed by atoms with Gasteiger partial charge in [-0.15, -0.1) is 0 Å². The molecule has 3 aliphatic rings. The van der Waals surface area contributed by atoms with Crippen LogP contribution in [0.25, 0.3) is 6.08 Å². The molecule has 1 amide bonds. The Hall–Kier alpha value is -1.76. The normalized spacial score (nSPS) is 24.9. The molecule has 0 radical (unpaired) electrons. The minimum Gasteiger partial charge on any atom is -0.284 e. The third kappa shape index (κ3) is 4.93. The van der Waals surface area contributed by atoms with Crippen molar-refractivity contribution in [1.29, 1.82) is 0 Å². The first kappa shape index (κ1) is 21.5. The molecule has 0 aromatic heterocycles. The second kappa shape index (κ2) is 9.16. The van der Waals surface area contributed by atoms with Crippen LogP contribution in [0.1, 0.15) is 75.3 Å². The van der Waals surface area contributed by atoms with Gasteiger partial charge in [-0.3, -0.25) is 14.7 Å². The van der Waals surface area contributed by atoms with E-state index in [1.807, 2.05) is 4.90 Å². The lowest BCUT2D eigenvalue weighted by atomic mass is 9.94. The van der Waals surface area contributed by atoms with Crippen LogP contribution >= 0.6 is 11.8 Å². The Kier molecular flexibility index (Phi) is 6.56. The number of nitrogens with zero attached hydrogens (tertiary/aromatic N) is 2. The summed E-state index contributed by atoms with van der Waals surface area (Å²) in [5, 5.41) is 0.747. The zero-order chi connectivity index (χ0) is 21.1. The standard InChI is InChI=1S/C23H27F3N2OS/c24-23(25,26)17-9-7-8-16(14-17)15-20-21(29)28(19-12-5-2-6-13-19)22(30-20)27-18-10-3-1-4-11-18/h7-9,14-15,18-19H,1-6,10-13H2. The van der Waals surface area contributed by atoms with Crippen molar-refractivity contribution >= 4 is 28.9 Å². The number of alkyl halides is 3. The predicted molar refractivity (Wildman–Crippen MR) is 115 cm³/mol. The maximum Gasteiger partial charge on any atom is 0.416 e. The Bertz CT molecular complexity index is 837. The Balaban J connectivity index is 1.63. The molecule has 1 heterocycles. The second-order valence-electron chi connectivity index (χ2n) is 8.40. The van der Waals surface area contributed by atoms with Crippen molar-refractivity contribution in [2.75, 3.05) is 0 Å². The zero-order valence-corrected chi connectivity index (χ0v) is 17.8. The van der Waals surface area contributed by atoms with E-state index in [0.717, 1.165) is 68.7 Å². The molecule has 0 unspecified atom stereocenters. The molecule has 3 nitrogen and oxygen atoms in total. The fourth-order valence-electron chi connectivity index (χ4n) is 4.56. The molecule has 0 N–H and O–H groups in total. The molecule has 0 spiro atoms. The van der Waals surface area contributed by atoms with E-state index in [0.29, 0.717) is 10.5 Å². The van der Waals surface area contributed by atoms with Crippen molar-refractivity contribution < 1.29 is 18.0 Å². The van der Waals surface area contributed by atoms with Crippen LogP contribution in [-0.4, -0.2) is 28.1 Å². The summed E-state index contributed by atoms with van der Waals surface area (Å²) >= 11 is 1.33. The Morgan fingerprint density at radius 3 is 2.33 bits per heavy atom. The molecule has 1 aliphatic heterocycles. The number of carbonyl (C=O) groups is 1. The van der Waals surface area contributed by atoms with Gasteiger partial charge in [0.1, 0.15) is 0 Å². The molecular weight excluding hydrogens is 409 g/mol. The second-order valence-corrected chi connectivity index (χ2v) is 9.41. The van der Waals surface area contributed by atoms with Gasteiger partial charge < -0.3 is 0 Å². The molecule has 2 saturated carbocycles. The first-order valence-electron chi connectivity index (χ1n) is 10.9. The quantitative estimate of drug-likeness (QED) is 0.497. The van der Waals surface area contributed by atoms with Crippen molar-refractivity contribution in [2.24, 2.45) is 4.99 Å². The highest BCUT2D eigenvalue weighted by molar-refractivity contribution is 8.18. The topological polar surface area (TPSA) is 32.7 Å². The Morgan fingerprint density at radius 1 is 1.00 bits per heavy atom. The van der Waals surface area contributed by atoms with E-state index in [2.05, 4.69) is 0 Å². The summed E-state index contributed by atoms with van der Waals surface area (Å²) < 4.78 is 39.2. The van der Waals surface area contributed by atoms with E-state index >= 15 is 0 Å². The third-order valence-corrected chi connectivity index (χ3v) is 7.15. The molecule has 162 valence electrons. The molecule has 2 aliphatic carbocycles. The van der Waals surface area contributed by atoms with Crippen molar-refractivity contribution in [2.45, 2.75) is 82.5 Å². The van der Waals surface area contributed by atoms with Crippen LogP contribution in [-0.2, 0) is 11.0 Å². The van der Waals surface area contributed by atoms with Gasteiger partial charge in [-0.25, -0.2) is 0 Å². The van der Waals surface area contributed by atoms with Crippen LogP contribution in [0.3, 0.4) is 0 Å². The molecule has 1 aromatic rings. The van der Waals surface area contributed by atoms with E-state index in [-0.39, 0.29) is 18.0 Å². The van der Waals surface area contributed by atoms with Crippen molar-refractivity contribution in [3.05, 3.63) is 40.3 Å². The van der Waals surface area contributed by atoms with Gasteiger partial charge in [-0.2, -0.15) is 13.2 Å². The average molecular weight is 437 g/mol. The fraction of sp³-hybridized carbons (Fsp3) is 0.565. The molecule has 1 aromatic carbocycles. The zero-order valence-electron chi connectivity index (χ0n) is 17.0. The van der Waals surface area contributed by atoms with E-state index < -0.39 is 11.7 Å². The summed E-state index contributed by atoms with van der Waals surface area (Å²) in [7, 11) is 0. The van der Waals surface area contributed by atoms with Crippen LogP contribution in [0.15, 0.2) is 34.2 Å². The number of hydrogen-bond acceptors (Lipinski definition) is 3. The Morgan fingerprint density at radius 2 is 1.67 bits per heavy atom. The smallest absolute Gasteiger partial charge is 0.284 e. The predicted octanol–water partition coefficient (Wildman–Crippen LogP) is 6.64. The van der Waals surface area contributed by atoms with Crippen LogP contribution in [0.2, 0.25) is 0 Å². The number of amides is 1. The third-order valence-electron chi connectivity index (χ3n) is 6.16. The van der Waals surface area contributed by atoms with E-state index in [1.165, 1.54) is 30.7 Å². The summed E-state index contributed by atoms with van der Waals surface area (Å²) in [6.07, 6.45) is 8.16. The lowest BCUT2D eigenvalue weighted by Crippen LogP contribution is -2.41. The highest BCUT2D eigenvalue weighted by Gasteiger charge is 2.39. The number of halogens is 3. The van der Waals surface area contributed by atoms with Crippen LogP contribution in [0.5, 0.6) is 0 Å². The number of benzene rings is 1. The van der Waals surface area contributed by atoms with Gasteiger partial charge in [0.25, 0.3) is 5.91 Å². The van der Waals surface area contributed by atoms with Gasteiger partial charge in [0, 0.05) is 6.04 Å². The van der Waals surface area contributed by atoms with Crippen molar-refractivity contribution in [3.8, 4) is 0 Å². The van der Waals surface area contributed by atoms with Crippen LogP contribution < -0.4 is 0 Å². The van der Waals surface area contributed by atoms with Crippen LogP contribution in [0, 0.1) is 0 Å². The number of aliphatic imine (C=N–C) groups is 1. The SMILES string of the molecule is O=C1C(=Cc2cccc(C(F)(F)F)c2)SC(=NC2CCCCC2)N1C1CCCCC1. The molecule has 0 atom stereocenters. The van der Waals surface area contributed by atoms with Gasteiger partial charge in [-0.1, -0.05) is 50.7 Å². The first-order valence-corrected chi connectivity index (χ1v) is 11.7. The van der Waals surface area contributed by atoms with Gasteiger partial charge in [0.05, 0.1) is 16.5 Å². The van der Waals surface area contributed by atoms with Crippen LogP contribution in [0.4, 0.5) is 13.2 Å². The highest BCUT2D eigenvalue weighted by Crippen LogP contribution is 2.39. The number of hydrogen-bond donors (Lipinski definition) is 0. The number of thioether (sulfide) groups is 1. The summed E-state index contributed by atoms with van der Waals surface area (Å²) in [6, 6.07) is 5.53. The number of carbonyl (C=O) groups excluding carboxylic acids is 1. The summed E-state index contributed by atoms with van der Waals surface area (Å²) in [5.74, 6) is -0.112. The maximum atomic E-state index is 13.3. The van der Waals surface area contributed by atoms with E-state index in [9.17, 15) is 18.0 Å². The molecule has 0 bridgehead atoms. The summed E-state index contributed by atoms with van der Waals surface area (Å²) in [6.45, 7) is 0. The molecule has 30 heavy (non-hydrogen) atoms. The minimum absolute atomic E-state index is 0.112. The van der Waals surface area contributed by atoms with E-state index in [4.69, 9.17) is 4.99 Å². The molecule has 1 saturated heterocycles. The van der Waals surface area contributed by atoms with Gasteiger partial charge >= 0.3 is 6.18 Å². The Labute approximate surface area is 179 Å². The van der Waals surface area contributed by atoms with Gasteiger partial charge in [-0.05, 0) is 61.2 Å². The molecular formula is C23H27F3N2OS. The average Bonchev–Trinajstić information content (AvgIpc) is 3.03. The monoisotopic (exact) mass is 436 g/mol. The molecule has 4 rings (SSSR count). The van der Waals surface area contributed by atoms with Crippen molar-refractivity contribution in [1.82, 2.24) is 4.90 Å². The van der Waals surface area contributed by atoms with Gasteiger partial charge in [0.15, 0.2) is 5.17 Å². The van der Waals surface area contributed by atoms with Crippen molar-refractivity contribution in [3.63, 3.8) is 0 Å². The maximum absolute atomic E-state index is 13.3. The lowest BCUT2D eigenvalue weighted by Gasteiger charge is -2.31. The first-order chi connectivity index (χ1) is 14.4. The summed E-state index contributed by atoms with van der Waals surface area (Å²) in [4.78, 5) is 20.5. The fourth-order valence-corrected chi connectivity index (χ4v) is 5.67. The largest absolute Gasteiger partial charge is 0.416 e. The lowest BCUT2D eigenvalue weighted by molar-refractivity contribution is -0.137. The highest BCUT2D eigenvalue weighted by atomic mass is 32.2. The minimum atomic E-state index is -4.40. The molecule has 3 fully saturated rings. The number of rotatable bonds is 3. The van der Waals surface area contributed by atoms with E-state index in [1.54, 1.807) is 12.1 Å². The summed E-state index contributed by atoms with van der Waals surface area (Å²) in [5.41, 5.74) is -0.310. The molecule has 7 heteroatoms. The van der Waals surface area contributed by atoms with Gasteiger partial charge in [0.2, 0.25) is 0 Å².